The number of pyridine rings is 1. The number of ether oxygens (including phenoxy) is 1. The molecule has 0 saturated carbocycles. The van der Waals surface area contributed by atoms with Gasteiger partial charge < -0.3 is 15.5 Å². The molecule has 4 rings (SSSR count). The molecule has 0 bridgehead atoms. The number of rotatable bonds is 8. The molecular weight excluding hydrogens is 489 g/mol. The van der Waals surface area contributed by atoms with Crippen molar-refractivity contribution in [2.75, 3.05) is 18.1 Å². The van der Waals surface area contributed by atoms with Gasteiger partial charge in [0.25, 0.3) is 0 Å². The summed E-state index contributed by atoms with van der Waals surface area (Å²) >= 11 is 0. The van der Waals surface area contributed by atoms with Crippen molar-refractivity contribution < 1.29 is 17.9 Å². The maximum absolute atomic E-state index is 14.7. The van der Waals surface area contributed by atoms with Crippen molar-refractivity contribution in [2.45, 2.75) is 51.1 Å². The fraction of sp³-hybridized carbons (Fsp3) is 0.435. The van der Waals surface area contributed by atoms with E-state index in [9.17, 15) is 13.2 Å². The van der Waals surface area contributed by atoms with Crippen molar-refractivity contribution in [1.82, 2.24) is 14.8 Å². The Morgan fingerprint density at radius 2 is 2.06 bits per heavy atom. The normalized spacial score (nSPS) is 18.8. The highest BCUT2D eigenvalue weighted by atomic mass is 28.3. The molecule has 192 valence electrons. The standard InChI is InChI=1S/C23H29F3N8OSi/c1-36(2,3)7-6-35-13-34-22-18(8-14(11-29-22)21(30-27)31-28)23(32-34)33-12-16(25)10-20(33)17-9-15(24)4-5-19(17)26/h4-5,8-9,11,16,20,27H,6-7,10,12-13,28H2,1-3H3/b30-27?,31-21-/t16-,20+/m0/s1. The monoisotopic (exact) mass is 518 g/mol. The van der Waals surface area contributed by atoms with E-state index in [1.54, 1.807) is 15.6 Å². The Morgan fingerprint density at radius 1 is 1.28 bits per heavy atom. The summed E-state index contributed by atoms with van der Waals surface area (Å²) in [5.41, 5.74) is 8.19. The van der Waals surface area contributed by atoms with E-state index in [2.05, 4.69) is 39.9 Å². The lowest BCUT2D eigenvalue weighted by molar-refractivity contribution is 0.0814. The van der Waals surface area contributed by atoms with Crippen LogP contribution >= 0.6 is 0 Å². The molecule has 1 aromatic carbocycles. The second-order valence-corrected chi connectivity index (χ2v) is 15.6. The smallest absolute Gasteiger partial charge is 0.201 e. The van der Waals surface area contributed by atoms with E-state index in [-0.39, 0.29) is 31.1 Å². The minimum absolute atomic E-state index is 0.0217. The van der Waals surface area contributed by atoms with Gasteiger partial charge in [-0.3, -0.25) is 0 Å². The predicted molar refractivity (Wildman–Crippen MR) is 133 cm³/mol. The Morgan fingerprint density at radius 3 is 2.75 bits per heavy atom. The number of halogens is 3. The molecule has 0 spiro atoms. The van der Waals surface area contributed by atoms with Crippen LogP contribution in [0.15, 0.2) is 40.7 Å². The van der Waals surface area contributed by atoms with Gasteiger partial charge in [-0.25, -0.2) is 28.4 Å². The fourth-order valence-corrected chi connectivity index (χ4v) is 5.01. The predicted octanol–water partition coefficient (Wildman–Crippen LogP) is 4.96. The molecule has 0 unspecified atom stereocenters. The highest BCUT2D eigenvalue weighted by Crippen LogP contribution is 2.40. The maximum atomic E-state index is 14.7. The van der Waals surface area contributed by atoms with Gasteiger partial charge >= 0.3 is 0 Å². The molecule has 1 aliphatic rings. The minimum atomic E-state index is -1.30. The van der Waals surface area contributed by atoms with E-state index in [1.807, 2.05) is 0 Å². The summed E-state index contributed by atoms with van der Waals surface area (Å²) in [6, 6.07) is 5.00. The van der Waals surface area contributed by atoms with Crippen molar-refractivity contribution in [3.05, 3.63) is 53.2 Å². The maximum Gasteiger partial charge on any atom is 0.201 e. The number of hydrogen-bond acceptors (Lipinski definition) is 7. The minimum Gasteiger partial charge on any atom is -0.359 e. The van der Waals surface area contributed by atoms with Crippen molar-refractivity contribution in [3.8, 4) is 0 Å². The van der Waals surface area contributed by atoms with Crippen LogP contribution in [0.25, 0.3) is 11.0 Å². The van der Waals surface area contributed by atoms with Gasteiger partial charge in [-0.05, 0) is 30.3 Å². The van der Waals surface area contributed by atoms with E-state index >= 15 is 0 Å². The summed E-state index contributed by atoms with van der Waals surface area (Å²) in [5, 5.41) is 12.0. The van der Waals surface area contributed by atoms with Crippen molar-refractivity contribution in [2.24, 2.45) is 16.1 Å². The number of amidine groups is 1. The largest absolute Gasteiger partial charge is 0.359 e. The number of anilines is 1. The van der Waals surface area contributed by atoms with E-state index < -0.39 is 31.9 Å². The molecular formula is C23H29F3N8OSi. The third kappa shape index (κ3) is 5.41. The van der Waals surface area contributed by atoms with Gasteiger partial charge in [0.15, 0.2) is 11.5 Å². The van der Waals surface area contributed by atoms with Crippen LogP contribution in [-0.4, -0.2) is 48.0 Å². The molecule has 1 aliphatic heterocycles. The lowest BCUT2D eigenvalue weighted by atomic mass is 10.0. The fourth-order valence-electron chi connectivity index (χ4n) is 4.25. The first kappa shape index (κ1) is 25.8. The van der Waals surface area contributed by atoms with Crippen LogP contribution in [0.3, 0.4) is 0 Å². The van der Waals surface area contributed by atoms with Gasteiger partial charge in [-0.2, -0.15) is 10.2 Å². The number of benzene rings is 1. The number of aromatic nitrogens is 3. The number of nitrogens with zero attached hydrogens (tertiary/aromatic N) is 6. The van der Waals surface area contributed by atoms with Crippen LogP contribution in [0.4, 0.5) is 19.0 Å². The molecule has 3 heterocycles. The van der Waals surface area contributed by atoms with E-state index in [1.165, 1.54) is 6.20 Å². The van der Waals surface area contributed by atoms with Crippen LogP contribution in [0.1, 0.15) is 23.6 Å². The van der Waals surface area contributed by atoms with Crippen molar-refractivity contribution in [1.29, 1.82) is 5.53 Å². The van der Waals surface area contributed by atoms with Crippen LogP contribution in [0, 0.1) is 17.2 Å². The van der Waals surface area contributed by atoms with Gasteiger partial charge in [0, 0.05) is 38.4 Å². The first-order valence-corrected chi connectivity index (χ1v) is 15.3. The SMILES string of the molecule is C[Si](C)(C)CCOCn1nc(N2C[C@@H](F)C[C@@H]2c2cc(F)ccc2F)c2cc(/C(N=N)=N/N)cnc21. The molecule has 13 heteroatoms. The second kappa shape index (κ2) is 10.3. The summed E-state index contributed by atoms with van der Waals surface area (Å²) in [4.78, 5) is 6.08. The molecule has 0 aliphatic carbocycles. The Kier molecular flexibility index (Phi) is 7.40. The van der Waals surface area contributed by atoms with Gasteiger partial charge in [-0.15, -0.1) is 5.11 Å². The Balaban J connectivity index is 1.78. The summed E-state index contributed by atoms with van der Waals surface area (Å²) in [6.07, 6.45) is 0.167. The first-order chi connectivity index (χ1) is 17.1. The molecule has 1 saturated heterocycles. The number of hydrazone groups is 1. The lowest BCUT2D eigenvalue weighted by Crippen LogP contribution is -2.25. The third-order valence-electron chi connectivity index (χ3n) is 6.10. The average Bonchev–Trinajstić information content (AvgIpc) is 3.38. The van der Waals surface area contributed by atoms with Crippen LogP contribution in [0.2, 0.25) is 25.7 Å². The molecule has 9 nitrogen and oxygen atoms in total. The van der Waals surface area contributed by atoms with Gasteiger partial charge in [0.1, 0.15) is 24.5 Å². The Bertz CT molecular complexity index is 1290. The van der Waals surface area contributed by atoms with Crippen LogP contribution in [-0.2, 0) is 11.5 Å². The first-order valence-electron chi connectivity index (χ1n) is 11.6. The summed E-state index contributed by atoms with van der Waals surface area (Å²) in [6.45, 7) is 7.36. The zero-order valence-corrected chi connectivity index (χ0v) is 21.4. The number of fused-ring (bicyclic) bond motifs is 1. The molecule has 0 amide bonds. The zero-order valence-electron chi connectivity index (χ0n) is 20.4. The topological polar surface area (TPSA) is 118 Å². The summed E-state index contributed by atoms with van der Waals surface area (Å²) < 4.78 is 50.8. The highest BCUT2D eigenvalue weighted by molar-refractivity contribution is 6.76. The number of alkyl halides is 1. The Hall–Kier alpha value is -3.32. The molecule has 0 radical (unpaired) electrons. The number of hydrogen-bond donors (Lipinski definition) is 2. The molecule has 2 aromatic heterocycles. The molecule has 1 fully saturated rings. The van der Waals surface area contributed by atoms with E-state index in [0.717, 1.165) is 24.2 Å². The van der Waals surface area contributed by atoms with Gasteiger partial charge in [-0.1, -0.05) is 19.6 Å². The zero-order chi connectivity index (χ0) is 26.0. The second-order valence-electron chi connectivity index (χ2n) is 10.00. The summed E-state index contributed by atoms with van der Waals surface area (Å²) in [5.74, 6) is 4.42. The van der Waals surface area contributed by atoms with Gasteiger partial charge in [0.2, 0.25) is 5.84 Å². The van der Waals surface area contributed by atoms with Gasteiger partial charge in [0.05, 0.1) is 18.0 Å². The average molecular weight is 519 g/mol. The molecule has 3 aromatic rings. The quantitative estimate of drug-likeness (QED) is 0.0831. The molecule has 2 atom stereocenters. The van der Waals surface area contributed by atoms with E-state index in [0.29, 0.717) is 29.0 Å². The number of nitrogens with one attached hydrogen (secondary N) is 1. The molecule has 3 N–H and O–H groups in total. The van der Waals surface area contributed by atoms with E-state index in [4.69, 9.17) is 16.1 Å². The highest BCUT2D eigenvalue weighted by Gasteiger charge is 2.37. The lowest BCUT2D eigenvalue weighted by Gasteiger charge is -2.25. The third-order valence-corrected chi connectivity index (χ3v) is 7.81. The van der Waals surface area contributed by atoms with Crippen LogP contribution in [0.5, 0.6) is 0 Å². The summed E-state index contributed by atoms with van der Waals surface area (Å²) in [7, 11) is -1.30. The van der Waals surface area contributed by atoms with Crippen LogP contribution < -0.4 is 10.7 Å². The molecule has 36 heavy (non-hydrogen) atoms. The Labute approximate surface area is 207 Å². The van der Waals surface area contributed by atoms with Crippen molar-refractivity contribution >= 4 is 30.8 Å². The van der Waals surface area contributed by atoms with Crippen molar-refractivity contribution in [3.63, 3.8) is 0 Å². The number of nitrogens with two attached hydrogens (primary N) is 1.